The second-order valence-corrected chi connectivity index (χ2v) is 7.58. The van der Waals surface area contributed by atoms with Crippen molar-refractivity contribution in [3.8, 4) is 5.75 Å². The van der Waals surface area contributed by atoms with Gasteiger partial charge in [-0.2, -0.15) is 4.91 Å². The van der Waals surface area contributed by atoms with Crippen molar-refractivity contribution in [2.75, 3.05) is 13.2 Å². The number of nitroso groups, excluding NO2 is 1. The fourth-order valence-electron chi connectivity index (χ4n) is 2.58. The van der Waals surface area contributed by atoms with Gasteiger partial charge in [-0.1, -0.05) is 77.3 Å². The summed E-state index contributed by atoms with van der Waals surface area (Å²) >= 11 is 0. The molecule has 1 aromatic rings. The molecule has 1 rings (SSSR count). The number of hydrogen-bond donors (Lipinski definition) is 2. The molecule has 0 unspecified atom stereocenters. The third kappa shape index (κ3) is 23.8. The number of carbonyl (C=O) groups excluding carboxylic acids is 2. The number of phenolic OH excluding ortho intramolecular Hbond substituents is 1. The lowest BCUT2D eigenvalue weighted by atomic mass is 10.1. The van der Waals surface area contributed by atoms with Crippen molar-refractivity contribution >= 4 is 11.9 Å². The van der Waals surface area contributed by atoms with Gasteiger partial charge in [0.15, 0.2) is 0 Å². The van der Waals surface area contributed by atoms with E-state index in [-0.39, 0.29) is 17.6 Å². The van der Waals surface area contributed by atoms with Gasteiger partial charge in [-0.05, 0) is 43.5 Å². The predicted octanol–water partition coefficient (Wildman–Crippen LogP) is 6.51. The molecular formula is C25H44N2O5. The van der Waals surface area contributed by atoms with E-state index in [1.165, 1.54) is 69.2 Å². The SMILES string of the molecule is CCCCCCCCCCCC(N)=O.CCCN=O.CCCOC(=O)c1ccc(O)cc1. The summed E-state index contributed by atoms with van der Waals surface area (Å²) in [7, 11) is 0. The van der Waals surface area contributed by atoms with Crippen LogP contribution in [-0.4, -0.2) is 30.1 Å². The highest BCUT2D eigenvalue weighted by Crippen LogP contribution is 2.11. The zero-order valence-corrected chi connectivity index (χ0v) is 20.3. The van der Waals surface area contributed by atoms with Crippen molar-refractivity contribution in [3.05, 3.63) is 34.7 Å². The quantitative estimate of drug-likeness (QED) is 0.178. The summed E-state index contributed by atoms with van der Waals surface area (Å²) in [6.07, 6.45) is 13.8. The first-order chi connectivity index (χ1) is 15.4. The first-order valence-electron chi connectivity index (χ1n) is 12.0. The third-order valence-corrected chi connectivity index (χ3v) is 4.38. The van der Waals surface area contributed by atoms with E-state index in [0.717, 1.165) is 25.7 Å². The standard InChI is InChI=1S/C12H25NO.C10H12O3.C3H7NO/c1-2-3-4-5-6-7-8-9-10-11-12(13)14;1-2-7-13-10(12)8-3-5-9(11)6-4-8;1-2-3-4-5/h2-11H2,1H3,(H2,13,14);3-6,11H,2,7H2,1H3;2-3H2,1H3. The molecule has 0 heterocycles. The number of esters is 1. The van der Waals surface area contributed by atoms with Crippen molar-refractivity contribution < 1.29 is 19.4 Å². The van der Waals surface area contributed by atoms with Crippen LogP contribution in [0.25, 0.3) is 0 Å². The van der Waals surface area contributed by atoms with Gasteiger partial charge in [-0.3, -0.25) is 4.79 Å². The Kier molecular flexibility index (Phi) is 24.6. The average molecular weight is 453 g/mol. The van der Waals surface area contributed by atoms with Gasteiger partial charge in [-0.15, -0.1) is 0 Å². The first kappa shape index (κ1) is 31.7. The number of unbranched alkanes of at least 4 members (excludes halogenated alkanes) is 8. The molecule has 0 aromatic heterocycles. The molecule has 7 heteroatoms. The summed E-state index contributed by atoms with van der Waals surface area (Å²) in [6.45, 7) is 6.98. The number of benzene rings is 1. The Hall–Kier alpha value is -2.44. The fourth-order valence-corrected chi connectivity index (χ4v) is 2.58. The summed E-state index contributed by atoms with van der Waals surface area (Å²) in [4.78, 5) is 30.8. The van der Waals surface area contributed by atoms with Crippen molar-refractivity contribution in [3.63, 3.8) is 0 Å². The number of aromatic hydroxyl groups is 1. The summed E-state index contributed by atoms with van der Waals surface area (Å²) in [6, 6.07) is 5.99. The van der Waals surface area contributed by atoms with E-state index in [9.17, 15) is 9.59 Å². The molecule has 7 nitrogen and oxygen atoms in total. The van der Waals surface area contributed by atoms with E-state index >= 15 is 0 Å². The number of nitrogens with two attached hydrogens (primary N) is 1. The van der Waals surface area contributed by atoms with Crippen LogP contribution < -0.4 is 5.73 Å². The maximum Gasteiger partial charge on any atom is 0.338 e. The van der Waals surface area contributed by atoms with Crippen molar-refractivity contribution in [1.82, 2.24) is 0 Å². The monoisotopic (exact) mass is 452 g/mol. The molecule has 32 heavy (non-hydrogen) atoms. The minimum atomic E-state index is -0.346. The van der Waals surface area contributed by atoms with Gasteiger partial charge in [-0.25, -0.2) is 4.79 Å². The van der Waals surface area contributed by atoms with E-state index in [2.05, 4.69) is 12.1 Å². The average Bonchev–Trinajstić information content (AvgIpc) is 2.78. The van der Waals surface area contributed by atoms with E-state index in [0.29, 0.717) is 25.1 Å². The van der Waals surface area contributed by atoms with E-state index in [4.69, 9.17) is 20.5 Å². The second kappa shape index (κ2) is 24.8. The van der Waals surface area contributed by atoms with E-state index in [1.807, 2.05) is 13.8 Å². The highest BCUT2D eigenvalue weighted by molar-refractivity contribution is 5.89. The molecule has 0 aliphatic heterocycles. The lowest BCUT2D eigenvalue weighted by molar-refractivity contribution is -0.118. The summed E-state index contributed by atoms with van der Waals surface area (Å²) in [5.41, 5.74) is 5.51. The molecule has 1 aromatic carbocycles. The predicted molar refractivity (Wildman–Crippen MR) is 131 cm³/mol. The molecule has 0 aliphatic carbocycles. The summed E-state index contributed by atoms with van der Waals surface area (Å²) < 4.78 is 4.90. The van der Waals surface area contributed by atoms with Crippen LogP contribution in [0.15, 0.2) is 29.4 Å². The molecule has 0 fully saturated rings. The molecule has 1 amide bonds. The zero-order valence-electron chi connectivity index (χ0n) is 20.3. The lowest BCUT2D eigenvalue weighted by Gasteiger charge is -2.02. The molecule has 0 spiro atoms. The van der Waals surface area contributed by atoms with Crippen molar-refractivity contribution in [1.29, 1.82) is 0 Å². The Labute approximate surface area is 194 Å². The number of ether oxygens (including phenoxy) is 1. The van der Waals surface area contributed by atoms with Crippen LogP contribution in [0, 0.1) is 4.91 Å². The van der Waals surface area contributed by atoms with Gasteiger partial charge in [0.1, 0.15) is 5.75 Å². The van der Waals surface area contributed by atoms with Crippen molar-refractivity contribution in [2.24, 2.45) is 10.9 Å². The third-order valence-electron chi connectivity index (χ3n) is 4.38. The molecular weight excluding hydrogens is 408 g/mol. The smallest absolute Gasteiger partial charge is 0.338 e. The van der Waals surface area contributed by atoms with E-state index < -0.39 is 0 Å². The minimum absolute atomic E-state index is 0.145. The number of rotatable bonds is 15. The molecule has 3 N–H and O–H groups in total. The number of phenols is 1. The largest absolute Gasteiger partial charge is 0.508 e. The number of hydrogen-bond acceptors (Lipinski definition) is 6. The number of nitrogens with zero attached hydrogens (tertiary/aromatic N) is 1. The molecule has 0 radical (unpaired) electrons. The molecule has 0 saturated carbocycles. The zero-order chi connectivity index (χ0) is 24.5. The maximum absolute atomic E-state index is 11.2. The van der Waals surface area contributed by atoms with Gasteiger partial charge in [0.05, 0.1) is 18.7 Å². The lowest BCUT2D eigenvalue weighted by Crippen LogP contribution is -2.09. The highest BCUT2D eigenvalue weighted by atomic mass is 16.5. The van der Waals surface area contributed by atoms with Gasteiger partial charge >= 0.3 is 5.97 Å². The molecule has 0 atom stereocenters. The molecule has 0 bridgehead atoms. The van der Waals surface area contributed by atoms with Gasteiger partial charge in [0.25, 0.3) is 0 Å². The van der Waals surface area contributed by atoms with Gasteiger partial charge in [0, 0.05) is 6.42 Å². The van der Waals surface area contributed by atoms with Crippen LogP contribution in [0.1, 0.15) is 108 Å². The molecule has 0 aliphatic rings. The highest BCUT2D eigenvalue weighted by Gasteiger charge is 2.05. The first-order valence-corrected chi connectivity index (χ1v) is 12.0. The Balaban J connectivity index is 0. The Bertz CT molecular complexity index is 576. The van der Waals surface area contributed by atoms with Crippen LogP contribution in [0.5, 0.6) is 5.75 Å². The minimum Gasteiger partial charge on any atom is -0.508 e. The summed E-state index contributed by atoms with van der Waals surface area (Å²) in [5.74, 6) is -0.359. The topological polar surface area (TPSA) is 119 Å². The summed E-state index contributed by atoms with van der Waals surface area (Å²) in [5, 5.41) is 11.6. The van der Waals surface area contributed by atoms with Gasteiger partial charge in [0.2, 0.25) is 5.91 Å². The van der Waals surface area contributed by atoms with Crippen LogP contribution in [0.4, 0.5) is 0 Å². The Morgan fingerprint density at radius 1 is 0.844 bits per heavy atom. The molecule has 0 saturated heterocycles. The fraction of sp³-hybridized carbons (Fsp3) is 0.680. The maximum atomic E-state index is 11.2. The number of primary amides is 1. The van der Waals surface area contributed by atoms with Crippen LogP contribution in [0.3, 0.4) is 0 Å². The number of carbonyl (C=O) groups is 2. The Morgan fingerprint density at radius 2 is 1.38 bits per heavy atom. The van der Waals surface area contributed by atoms with Crippen LogP contribution >= 0.6 is 0 Å². The van der Waals surface area contributed by atoms with Gasteiger partial charge < -0.3 is 15.6 Å². The van der Waals surface area contributed by atoms with Crippen LogP contribution in [0.2, 0.25) is 0 Å². The van der Waals surface area contributed by atoms with Crippen molar-refractivity contribution in [2.45, 2.75) is 97.8 Å². The van der Waals surface area contributed by atoms with Crippen LogP contribution in [-0.2, 0) is 9.53 Å². The second-order valence-electron chi connectivity index (χ2n) is 7.58. The Morgan fingerprint density at radius 3 is 1.78 bits per heavy atom. The van der Waals surface area contributed by atoms with E-state index in [1.54, 1.807) is 0 Å². The normalized spacial score (nSPS) is 9.59. The molecule has 184 valence electrons. The number of amides is 1.